The zero-order valence-electron chi connectivity index (χ0n) is 10.1. The number of H-pyrrole nitrogens is 1. The first-order chi connectivity index (χ1) is 9.24. The number of nitrogens with one attached hydrogen (secondary N) is 1. The molecule has 0 radical (unpaired) electrons. The zero-order valence-corrected chi connectivity index (χ0v) is 13.1. The van der Waals surface area contributed by atoms with Gasteiger partial charge in [-0.2, -0.15) is 0 Å². The minimum atomic E-state index is 0.783. The Morgan fingerprint density at radius 3 is 2.79 bits per heavy atom. The van der Waals surface area contributed by atoms with E-state index in [1.807, 2.05) is 24.5 Å². The molecule has 0 unspecified atom stereocenters. The number of benzene rings is 1. The number of halogens is 1. The Morgan fingerprint density at radius 1 is 1.21 bits per heavy atom. The molecule has 5 heteroatoms. The Hall–Kier alpha value is -1.21. The summed E-state index contributed by atoms with van der Waals surface area (Å²) >= 11 is 7.71. The number of rotatable bonds is 3. The Kier molecular flexibility index (Phi) is 3.65. The summed E-state index contributed by atoms with van der Waals surface area (Å²) in [5.41, 5.74) is 3.54. The van der Waals surface area contributed by atoms with Crippen molar-refractivity contribution in [3.63, 3.8) is 0 Å². The molecule has 0 amide bonds. The van der Waals surface area contributed by atoms with Crippen molar-refractivity contribution in [1.82, 2.24) is 14.5 Å². The van der Waals surface area contributed by atoms with Crippen LogP contribution in [0.2, 0.25) is 0 Å². The molecule has 96 valence electrons. The fourth-order valence-electron chi connectivity index (χ4n) is 2.15. The highest BCUT2D eigenvalue weighted by Crippen LogP contribution is 2.18. The van der Waals surface area contributed by atoms with Crippen molar-refractivity contribution in [2.75, 3.05) is 0 Å². The van der Waals surface area contributed by atoms with Crippen molar-refractivity contribution in [3.05, 3.63) is 56.6 Å². The highest BCUT2D eigenvalue weighted by atomic mass is 127. The number of aryl methyl sites for hydroxylation is 2. The van der Waals surface area contributed by atoms with Gasteiger partial charge in [-0.3, -0.25) is 4.98 Å². The van der Waals surface area contributed by atoms with Crippen molar-refractivity contribution in [1.29, 1.82) is 0 Å². The lowest BCUT2D eigenvalue weighted by atomic mass is 10.2. The molecule has 0 saturated carbocycles. The first kappa shape index (κ1) is 12.8. The first-order valence-corrected chi connectivity index (χ1v) is 7.50. The second-order valence-corrected chi connectivity index (χ2v) is 5.98. The Balaban J connectivity index is 1.93. The molecule has 0 aliphatic carbocycles. The van der Waals surface area contributed by atoms with E-state index in [1.165, 1.54) is 14.7 Å². The Morgan fingerprint density at radius 2 is 2.00 bits per heavy atom. The van der Waals surface area contributed by atoms with Gasteiger partial charge in [0.05, 0.1) is 11.0 Å². The van der Waals surface area contributed by atoms with E-state index in [-0.39, 0.29) is 0 Å². The SMILES string of the molecule is S=c1[nH]c2cc(I)ccc2n1CCc1ccncc1. The largest absolute Gasteiger partial charge is 0.331 e. The lowest BCUT2D eigenvalue weighted by molar-refractivity contribution is 0.706. The fraction of sp³-hybridized carbons (Fsp3) is 0.143. The standard InChI is InChI=1S/C14H12IN3S/c15-11-1-2-13-12(9-11)17-14(19)18(13)8-5-10-3-6-16-7-4-10/h1-4,6-7,9H,5,8H2,(H,17,19). The van der Waals surface area contributed by atoms with Crippen molar-refractivity contribution in [3.8, 4) is 0 Å². The van der Waals surface area contributed by atoms with Gasteiger partial charge in [0.2, 0.25) is 0 Å². The van der Waals surface area contributed by atoms with Crippen molar-refractivity contribution < 1.29 is 0 Å². The smallest absolute Gasteiger partial charge is 0.178 e. The molecule has 0 atom stereocenters. The van der Waals surface area contributed by atoms with Crippen molar-refractivity contribution in [2.45, 2.75) is 13.0 Å². The van der Waals surface area contributed by atoms with Gasteiger partial charge < -0.3 is 9.55 Å². The van der Waals surface area contributed by atoms with Crippen LogP contribution in [-0.2, 0) is 13.0 Å². The minimum Gasteiger partial charge on any atom is -0.331 e. The van der Waals surface area contributed by atoms with Crippen LogP contribution >= 0.6 is 34.8 Å². The van der Waals surface area contributed by atoms with E-state index in [2.05, 4.69) is 55.3 Å². The lowest BCUT2D eigenvalue weighted by Crippen LogP contribution is -2.01. The molecule has 3 nitrogen and oxygen atoms in total. The number of aromatic nitrogens is 3. The normalized spacial score (nSPS) is 11.0. The van der Waals surface area contributed by atoms with E-state index >= 15 is 0 Å². The molecule has 0 aliphatic heterocycles. The summed E-state index contributed by atoms with van der Waals surface area (Å²) in [6, 6.07) is 10.4. The highest BCUT2D eigenvalue weighted by molar-refractivity contribution is 14.1. The average molecular weight is 381 g/mol. The predicted molar refractivity (Wildman–Crippen MR) is 87.8 cm³/mol. The van der Waals surface area contributed by atoms with Crippen LogP contribution in [-0.4, -0.2) is 14.5 Å². The summed E-state index contributed by atoms with van der Waals surface area (Å²) in [4.78, 5) is 7.30. The van der Waals surface area contributed by atoms with E-state index in [9.17, 15) is 0 Å². The molecule has 19 heavy (non-hydrogen) atoms. The summed E-state index contributed by atoms with van der Waals surface area (Å²) in [6.45, 7) is 0.878. The molecular formula is C14H12IN3S. The third kappa shape index (κ3) is 2.71. The zero-order chi connectivity index (χ0) is 13.2. The average Bonchev–Trinajstić information content (AvgIpc) is 2.72. The Labute approximate surface area is 129 Å². The van der Waals surface area contributed by atoms with Gasteiger partial charge in [0.25, 0.3) is 0 Å². The summed E-state index contributed by atoms with van der Waals surface area (Å²) in [6.07, 6.45) is 4.61. The lowest BCUT2D eigenvalue weighted by Gasteiger charge is -2.04. The van der Waals surface area contributed by atoms with Gasteiger partial charge in [0.15, 0.2) is 4.77 Å². The maximum absolute atomic E-state index is 5.40. The third-order valence-corrected chi connectivity index (χ3v) is 4.10. The third-order valence-electron chi connectivity index (χ3n) is 3.11. The molecule has 0 bridgehead atoms. The van der Waals surface area contributed by atoms with Crippen LogP contribution in [0.25, 0.3) is 11.0 Å². The van der Waals surface area contributed by atoms with Crippen LogP contribution in [0.4, 0.5) is 0 Å². The maximum atomic E-state index is 5.40. The fourth-order valence-corrected chi connectivity index (χ4v) is 2.94. The molecule has 3 aromatic rings. The predicted octanol–water partition coefficient (Wildman–Crippen LogP) is 3.94. The second kappa shape index (κ2) is 5.42. The van der Waals surface area contributed by atoms with E-state index in [4.69, 9.17) is 12.2 Å². The molecule has 3 rings (SSSR count). The van der Waals surface area contributed by atoms with E-state index in [0.29, 0.717) is 0 Å². The van der Waals surface area contributed by atoms with Crippen LogP contribution in [0.3, 0.4) is 0 Å². The number of fused-ring (bicyclic) bond motifs is 1. The van der Waals surface area contributed by atoms with Crippen LogP contribution in [0.15, 0.2) is 42.7 Å². The van der Waals surface area contributed by atoms with Gasteiger partial charge in [0, 0.05) is 22.5 Å². The van der Waals surface area contributed by atoms with Crippen molar-refractivity contribution in [2.24, 2.45) is 0 Å². The van der Waals surface area contributed by atoms with Gasteiger partial charge in [-0.05, 0) is 77.1 Å². The number of aromatic amines is 1. The summed E-state index contributed by atoms with van der Waals surface area (Å²) in [5.74, 6) is 0. The summed E-state index contributed by atoms with van der Waals surface area (Å²) in [7, 11) is 0. The van der Waals surface area contributed by atoms with E-state index < -0.39 is 0 Å². The van der Waals surface area contributed by atoms with Gasteiger partial charge in [-0.15, -0.1) is 0 Å². The second-order valence-electron chi connectivity index (χ2n) is 4.35. The molecule has 2 aromatic heterocycles. The molecule has 0 saturated heterocycles. The molecule has 1 N–H and O–H groups in total. The topological polar surface area (TPSA) is 33.6 Å². The van der Waals surface area contributed by atoms with Crippen LogP contribution < -0.4 is 0 Å². The first-order valence-electron chi connectivity index (χ1n) is 6.01. The van der Waals surface area contributed by atoms with Crippen LogP contribution in [0, 0.1) is 8.34 Å². The molecule has 2 heterocycles. The minimum absolute atomic E-state index is 0.783. The summed E-state index contributed by atoms with van der Waals surface area (Å²) < 4.78 is 4.15. The Bertz CT molecular complexity index is 761. The molecule has 0 aliphatic rings. The number of nitrogens with zero attached hydrogens (tertiary/aromatic N) is 2. The molecule has 1 aromatic carbocycles. The van der Waals surface area contributed by atoms with E-state index in [1.54, 1.807) is 0 Å². The van der Waals surface area contributed by atoms with Crippen molar-refractivity contribution >= 4 is 45.8 Å². The van der Waals surface area contributed by atoms with Gasteiger partial charge in [-0.1, -0.05) is 0 Å². The maximum Gasteiger partial charge on any atom is 0.178 e. The molecule has 0 fully saturated rings. The van der Waals surface area contributed by atoms with Gasteiger partial charge in [0.1, 0.15) is 0 Å². The number of imidazole rings is 1. The van der Waals surface area contributed by atoms with Crippen LogP contribution in [0.5, 0.6) is 0 Å². The van der Waals surface area contributed by atoms with Crippen LogP contribution in [0.1, 0.15) is 5.56 Å². The monoisotopic (exact) mass is 381 g/mol. The quantitative estimate of drug-likeness (QED) is 0.551. The number of hydrogen-bond donors (Lipinski definition) is 1. The molecular weight excluding hydrogens is 369 g/mol. The van der Waals surface area contributed by atoms with Gasteiger partial charge >= 0.3 is 0 Å². The molecule has 0 spiro atoms. The van der Waals surface area contributed by atoms with Gasteiger partial charge in [-0.25, -0.2) is 0 Å². The summed E-state index contributed by atoms with van der Waals surface area (Å²) in [5, 5.41) is 0. The number of pyridine rings is 1. The highest BCUT2D eigenvalue weighted by Gasteiger charge is 2.04. The number of hydrogen-bond acceptors (Lipinski definition) is 2. The van der Waals surface area contributed by atoms with E-state index in [0.717, 1.165) is 23.3 Å².